The fourth-order valence-electron chi connectivity index (χ4n) is 3.94. The molecule has 1 amide bonds. The summed E-state index contributed by atoms with van der Waals surface area (Å²) in [6.07, 6.45) is 1.25. The van der Waals surface area contributed by atoms with E-state index in [4.69, 9.17) is 0 Å². The molecule has 1 atom stereocenters. The fraction of sp³-hybridized carbons (Fsp3) is 0.333. The molecule has 1 saturated heterocycles. The largest absolute Gasteiger partial charge is 0.328 e. The quantitative estimate of drug-likeness (QED) is 0.687. The molecule has 2 heterocycles. The summed E-state index contributed by atoms with van der Waals surface area (Å²) in [5, 5.41) is 2.86. The van der Waals surface area contributed by atoms with E-state index in [0.717, 1.165) is 0 Å². The molecule has 1 aliphatic rings. The molecule has 1 unspecified atom stereocenters. The number of carbonyl (C=O) groups excluding carboxylic acids is 1. The van der Waals surface area contributed by atoms with Crippen molar-refractivity contribution >= 4 is 32.7 Å². The number of nitrogens with one attached hydrogen (secondary N) is 1. The predicted octanol–water partition coefficient (Wildman–Crippen LogP) is 1.92. The zero-order valence-electron chi connectivity index (χ0n) is 16.9. The van der Waals surface area contributed by atoms with Gasteiger partial charge in [-0.3, -0.25) is 13.9 Å². The molecule has 30 heavy (non-hydrogen) atoms. The van der Waals surface area contributed by atoms with E-state index in [1.54, 1.807) is 32.3 Å². The topological polar surface area (TPSA) is 93.4 Å². The Balaban J connectivity index is 1.58. The minimum Gasteiger partial charge on any atom is -0.326 e. The Morgan fingerprint density at radius 1 is 1.03 bits per heavy atom. The molecule has 1 aromatic heterocycles. The highest BCUT2D eigenvalue weighted by Crippen LogP contribution is 2.26. The molecule has 0 saturated carbocycles. The van der Waals surface area contributed by atoms with E-state index in [1.807, 2.05) is 18.2 Å². The highest BCUT2D eigenvalue weighted by molar-refractivity contribution is 7.89. The summed E-state index contributed by atoms with van der Waals surface area (Å²) < 4.78 is 30.8. The van der Waals surface area contributed by atoms with Gasteiger partial charge in [0, 0.05) is 32.9 Å². The Labute approximate surface area is 174 Å². The van der Waals surface area contributed by atoms with Crippen LogP contribution in [0.3, 0.4) is 0 Å². The van der Waals surface area contributed by atoms with Crippen LogP contribution in [-0.4, -0.2) is 40.9 Å². The number of hydrogen-bond donors (Lipinski definition) is 1. The lowest BCUT2D eigenvalue weighted by atomic mass is 9.99. The van der Waals surface area contributed by atoms with Gasteiger partial charge in [-0.2, -0.15) is 4.31 Å². The highest BCUT2D eigenvalue weighted by Gasteiger charge is 2.33. The lowest BCUT2D eigenvalue weighted by Gasteiger charge is -2.31. The van der Waals surface area contributed by atoms with Crippen LogP contribution in [-0.2, 0) is 28.9 Å². The molecule has 1 fully saturated rings. The van der Waals surface area contributed by atoms with E-state index in [0.29, 0.717) is 36.1 Å². The maximum absolute atomic E-state index is 13.3. The van der Waals surface area contributed by atoms with Gasteiger partial charge in [0.2, 0.25) is 15.9 Å². The van der Waals surface area contributed by atoms with Crippen molar-refractivity contribution in [3.05, 3.63) is 59.0 Å². The van der Waals surface area contributed by atoms with Crippen LogP contribution in [0.15, 0.2) is 58.2 Å². The molecule has 8 nitrogen and oxygen atoms in total. The first-order valence-corrected chi connectivity index (χ1v) is 11.2. The average Bonchev–Trinajstić information content (AvgIpc) is 2.98. The van der Waals surface area contributed by atoms with Crippen molar-refractivity contribution in [2.75, 3.05) is 18.4 Å². The summed E-state index contributed by atoms with van der Waals surface area (Å²) in [4.78, 5) is 24.9. The third-order valence-electron chi connectivity index (χ3n) is 5.68. The first kappa shape index (κ1) is 20.4. The van der Waals surface area contributed by atoms with Crippen molar-refractivity contribution in [3.63, 3.8) is 0 Å². The molecule has 0 aliphatic carbocycles. The van der Waals surface area contributed by atoms with Gasteiger partial charge in [-0.1, -0.05) is 18.2 Å². The van der Waals surface area contributed by atoms with Crippen LogP contribution in [0.1, 0.15) is 12.8 Å². The first-order chi connectivity index (χ1) is 14.3. The van der Waals surface area contributed by atoms with E-state index in [9.17, 15) is 18.0 Å². The number of carbonyl (C=O) groups is 1. The summed E-state index contributed by atoms with van der Waals surface area (Å²) in [5.41, 5.74) is 1.70. The molecule has 9 heteroatoms. The predicted molar refractivity (Wildman–Crippen MR) is 115 cm³/mol. The Morgan fingerprint density at radius 2 is 1.73 bits per heavy atom. The number of anilines is 1. The van der Waals surface area contributed by atoms with Crippen molar-refractivity contribution in [3.8, 4) is 0 Å². The molecule has 0 bridgehead atoms. The standard InChI is InChI=1S/C21H24N4O4S/c1-23-18-11-10-17(13-19(18)24(2)21(23)27)30(28,29)25-12-6-7-15(14-25)20(26)22-16-8-4-3-5-9-16/h3-5,8-11,13,15H,6-7,12,14H2,1-2H3,(H,22,26). The van der Waals surface area contributed by atoms with Crippen LogP contribution in [0, 0.1) is 5.92 Å². The van der Waals surface area contributed by atoms with Crippen molar-refractivity contribution in [1.82, 2.24) is 13.4 Å². The first-order valence-electron chi connectivity index (χ1n) is 9.80. The molecule has 2 aromatic carbocycles. The zero-order chi connectivity index (χ0) is 21.5. The van der Waals surface area contributed by atoms with Crippen molar-refractivity contribution in [2.24, 2.45) is 20.0 Å². The van der Waals surface area contributed by atoms with Gasteiger partial charge in [0.25, 0.3) is 0 Å². The smallest absolute Gasteiger partial charge is 0.326 e. The van der Waals surface area contributed by atoms with Gasteiger partial charge in [-0.25, -0.2) is 13.2 Å². The minimum atomic E-state index is -3.78. The molecular formula is C21H24N4O4S. The lowest BCUT2D eigenvalue weighted by molar-refractivity contribution is -0.120. The second-order valence-corrected chi connectivity index (χ2v) is 9.55. The van der Waals surface area contributed by atoms with E-state index in [2.05, 4.69) is 5.32 Å². The number of rotatable bonds is 4. The minimum absolute atomic E-state index is 0.125. The lowest BCUT2D eigenvalue weighted by Crippen LogP contribution is -2.43. The van der Waals surface area contributed by atoms with Crippen molar-refractivity contribution in [2.45, 2.75) is 17.7 Å². The van der Waals surface area contributed by atoms with Crippen LogP contribution in [0.5, 0.6) is 0 Å². The monoisotopic (exact) mass is 428 g/mol. The Kier molecular flexibility index (Phi) is 5.25. The van der Waals surface area contributed by atoms with Crippen molar-refractivity contribution in [1.29, 1.82) is 0 Å². The van der Waals surface area contributed by atoms with Crippen LogP contribution in [0.2, 0.25) is 0 Å². The number of fused-ring (bicyclic) bond motifs is 1. The summed E-state index contributed by atoms with van der Waals surface area (Å²) in [5.74, 6) is -0.597. The summed E-state index contributed by atoms with van der Waals surface area (Å²) in [7, 11) is -0.515. The third kappa shape index (κ3) is 3.54. The third-order valence-corrected chi connectivity index (χ3v) is 7.54. The normalized spacial score (nSPS) is 17.9. The van der Waals surface area contributed by atoms with Gasteiger partial charge in [-0.05, 0) is 43.2 Å². The maximum Gasteiger partial charge on any atom is 0.328 e. The number of para-hydroxylation sites is 1. The molecule has 0 spiro atoms. The van der Waals surface area contributed by atoms with E-state index >= 15 is 0 Å². The van der Waals surface area contributed by atoms with E-state index < -0.39 is 15.9 Å². The van der Waals surface area contributed by atoms with Gasteiger partial charge in [0.15, 0.2) is 0 Å². The van der Waals surface area contributed by atoms with Gasteiger partial charge < -0.3 is 5.32 Å². The van der Waals surface area contributed by atoms with Crippen LogP contribution >= 0.6 is 0 Å². The molecule has 1 N–H and O–H groups in total. The molecule has 0 radical (unpaired) electrons. The number of aryl methyl sites for hydroxylation is 2. The van der Waals surface area contributed by atoms with Crippen LogP contribution in [0.25, 0.3) is 11.0 Å². The molecule has 4 rings (SSSR count). The Bertz CT molecular complexity index is 1260. The number of sulfonamides is 1. The molecule has 1 aliphatic heterocycles. The van der Waals surface area contributed by atoms with Gasteiger partial charge in [-0.15, -0.1) is 0 Å². The highest BCUT2D eigenvalue weighted by atomic mass is 32.2. The molecular weight excluding hydrogens is 404 g/mol. The number of aromatic nitrogens is 2. The van der Waals surface area contributed by atoms with Crippen LogP contribution < -0.4 is 11.0 Å². The van der Waals surface area contributed by atoms with E-state index in [-0.39, 0.29) is 23.0 Å². The Morgan fingerprint density at radius 3 is 2.47 bits per heavy atom. The average molecular weight is 429 g/mol. The molecule has 3 aromatic rings. The number of amides is 1. The summed E-state index contributed by atoms with van der Waals surface area (Å²) >= 11 is 0. The van der Waals surface area contributed by atoms with E-state index in [1.165, 1.54) is 25.6 Å². The van der Waals surface area contributed by atoms with Gasteiger partial charge in [0.05, 0.1) is 21.8 Å². The fourth-order valence-corrected chi connectivity index (χ4v) is 5.48. The SMILES string of the molecule is Cn1c(=O)n(C)c2cc(S(=O)(=O)N3CCCC(C(=O)Nc4ccccc4)C3)ccc21. The summed E-state index contributed by atoms with van der Waals surface area (Å²) in [6.45, 7) is 0.496. The molecule has 158 valence electrons. The number of piperidine rings is 1. The van der Waals surface area contributed by atoms with Gasteiger partial charge >= 0.3 is 5.69 Å². The van der Waals surface area contributed by atoms with Gasteiger partial charge in [0.1, 0.15) is 0 Å². The maximum atomic E-state index is 13.3. The second kappa shape index (κ2) is 7.73. The number of benzene rings is 2. The number of imidazole rings is 1. The number of nitrogens with zero attached hydrogens (tertiary/aromatic N) is 3. The second-order valence-electron chi connectivity index (χ2n) is 7.61. The zero-order valence-corrected chi connectivity index (χ0v) is 17.7. The number of hydrogen-bond acceptors (Lipinski definition) is 4. The van der Waals surface area contributed by atoms with Crippen LogP contribution in [0.4, 0.5) is 5.69 Å². The Hall–Kier alpha value is -2.91. The summed E-state index contributed by atoms with van der Waals surface area (Å²) in [6, 6.07) is 13.8. The van der Waals surface area contributed by atoms with Crippen molar-refractivity contribution < 1.29 is 13.2 Å².